The van der Waals surface area contributed by atoms with Crippen LogP contribution >= 0.6 is 0 Å². The van der Waals surface area contributed by atoms with Gasteiger partial charge in [0.15, 0.2) is 0 Å². The minimum Gasteiger partial charge on any atom is -0.464 e. The first-order chi connectivity index (χ1) is 11.8. The SMILES string of the molecule is CCCC(=O)Nc1ccc(S(=O)(=O)NC[C@@H](O)c2ccc(C)o2)cc1. The molecular formula is C17H22N2O5S. The van der Waals surface area contributed by atoms with E-state index in [1.807, 2.05) is 6.92 Å². The number of aliphatic hydroxyl groups is 1. The van der Waals surface area contributed by atoms with Gasteiger partial charge in [-0.2, -0.15) is 0 Å². The summed E-state index contributed by atoms with van der Waals surface area (Å²) in [5.41, 5.74) is 0.531. The van der Waals surface area contributed by atoms with Crippen LogP contribution in [0.25, 0.3) is 0 Å². The fourth-order valence-electron chi connectivity index (χ4n) is 2.17. The Kier molecular flexibility index (Phi) is 6.35. The molecule has 1 heterocycles. The highest BCUT2D eigenvalue weighted by atomic mass is 32.2. The molecule has 0 saturated heterocycles. The van der Waals surface area contributed by atoms with Crippen LogP contribution in [0, 0.1) is 6.92 Å². The molecule has 0 fully saturated rings. The summed E-state index contributed by atoms with van der Waals surface area (Å²) >= 11 is 0. The van der Waals surface area contributed by atoms with Crippen molar-refractivity contribution in [2.24, 2.45) is 0 Å². The van der Waals surface area contributed by atoms with Gasteiger partial charge in [-0.3, -0.25) is 4.79 Å². The van der Waals surface area contributed by atoms with Gasteiger partial charge in [0, 0.05) is 18.7 Å². The zero-order chi connectivity index (χ0) is 18.4. The van der Waals surface area contributed by atoms with Crippen molar-refractivity contribution < 1.29 is 22.7 Å². The van der Waals surface area contributed by atoms with Crippen molar-refractivity contribution in [1.29, 1.82) is 0 Å². The lowest BCUT2D eigenvalue weighted by Gasteiger charge is -2.11. The number of sulfonamides is 1. The number of hydrogen-bond acceptors (Lipinski definition) is 5. The molecule has 0 spiro atoms. The van der Waals surface area contributed by atoms with Crippen molar-refractivity contribution in [3.05, 3.63) is 47.9 Å². The van der Waals surface area contributed by atoms with Gasteiger partial charge >= 0.3 is 0 Å². The topological polar surface area (TPSA) is 109 Å². The summed E-state index contributed by atoms with van der Waals surface area (Å²) in [6, 6.07) is 9.13. The van der Waals surface area contributed by atoms with E-state index in [1.54, 1.807) is 19.1 Å². The zero-order valence-electron chi connectivity index (χ0n) is 14.2. The summed E-state index contributed by atoms with van der Waals surface area (Å²) in [6.07, 6.45) is 0.0713. The van der Waals surface area contributed by atoms with Crippen molar-refractivity contribution in [1.82, 2.24) is 4.72 Å². The maximum atomic E-state index is 12.3. The van der Waals surface area contributed by atoms with Gasteiger partial charge in [0.1, 0.15) is 17.6 Å². The lowest BCUT2D eigenvalue weighted by Crippen LogP contribution is -2.28. The van der Waals surface area contributed by atoms with Gasteiger partial charge in [-0.1, -0.05) is 6.92 Å². The van der Waals surface area contributed by atoms with Crippen molar-refractivity contribution in [2.45, 2.75) is 37.7 Å². The minimum absolute atomic E-state index is 0.0452. The lowest BCUT2D eigenvalue weighted by molar-refractivity contribution is -0.116. The molecule has 1 aromatic carbocycles. The van der Waals surface area contributed by atoms with Crippen LogP contribution in [0.4, 0.5) is 5.69 Å². The standard InChI is InChI=1S/C17H22N2O5S/c1-3-4-17(21)19-13-6-8-14(9-7-13)25(22,23)18-11-15(20)16-10-5-12(2)24-16/h5-10,15,18,20H,3-4,11H2,1-2H3,(H,19,21)/t15-/m1/s1. The fraction of sp³-hybridized carbons (Fsp3) is 0.353. The molecule has 0 unspecified atom stereocenters. The van der Waals surface area contributed by atoms with Crippen molar-refractivity contribution in [2.75, 3.05) is 11.9 Å². The van der Waals surface area contributed by atoms with Gasteiger partial charge < -0.3 is 14.8 Å². The first kappa shape index (κ1) is 19.2. The molecular weight excluding hydrogens is 344 g/mol. The maximum absolute atomic E-state index is 12.3. The normalized spacial score (nSPS) is 12.8. The van der Waals surface area contributed by atoms with Crippen LogP contribution < -0.4 is 10.0 Å². The van der Waals surface area contributed by atoms with Crippen LogP contribution in [0.15, 0.2) is 45.7 Å². The number of aliphatic hydroxyl groups excluding tert-OH is 1. The average molecular weight is 366 g/mol. The van der Waals surface area contributed by atoms with E-state index in [4.69, 9.17) is 4.42 Å². The van der Waals surface area contributed by atoms with Crippen molar-refractivity contribution >= 4 is 21.6 Å². The quantitative estimate of drug-likeness (QED) is 0.664. The van der Waals surface area contributed by atoms with E-state index < -0.39 is 16.1 Å². The summed E-state index contributed by atoms with van der Waals surface area (Å²) in [5, 5.41) is 12.7. The number of carbonyl (C=O) groups is 1. The molecule has 0 aliphatic rings. The Morgan fingerprint density at radius 3 is 2.44 bits per heavy atom. The predicted octanol–water partition coefficient (Wildman–Crippen LogP) is 2.34. The van der Waals surface area contributed by atoms with Crippen LogP contribution in [0.1, 0.15) is 37.4 Å². The van der Waals surface area contributed by atoms with E-state index in [2.05, 4.69) is 10.0 Å². The molecule has 1 atom stereocenters. The molecule has 1 aromatic heterocycles. The largest absolute Gasteiger partial charge is 0.464 e. The van der Waals surface area contributed by atoms with Crippen LogP contribution in [-0.4, -0.2) is 26.0 Å². The van der Waals surface area contributed by atoms with Gasteiger partial charge in [0.05, 0.1) is 4.90 Å². The summed E-state index contributed by atoms with van der Waals surface area (Å²) in [6.45, 7) is 3.44. The zero-order valence-corrected chi connectivity index (χ0v) is 15.0. The second kappa shape index (κ2) is 8.28. The van der Waals surface area contributed by atoms with E-state index >= 15 is 0 Å². The van der Waals surface area contributed by atoms with Crippen molar-refractivity contribution in [3.8, 4) is 0 Å². The van der Waals surface area contributed by atoms with Gasteiger partial charge in [-0.15, -0.1) is 0 Å². The Morgan fingerprint density at radius 1 is 1.20 bits per heavy atom. The molecule has 0 saturated carbocycles. The molecule has 3 N–H and O–H groups in total. The molecule has 2 rings (SSSR count). The third kappa shape index (κ3) is 5.42. The summed E-state index contributed by atoms with van der Waals surface area (Å²) < 4.78 is 32.1. The van der Waals surface area contributed by atoms with Crippen LogP contribution in [0.2, 0.25) is 0 Å². The van der Waals surface area contributed by atoms with Gasteiger partial charge in [-0.05, 0) is 49.7 Å². The number of amides is 1. The Balaban J connectivity index is 1.98. The smallest absolute Gasteiger partial charge is 0.240 e. The summed E-state index contributed by atoms with van der Waals surface area (Å²) in [4.78, 5) is 11.6. The van der Waals surface area contributed by atoms with Gasteiger partial charge in [0.25, 0.3) is 0 Å². The monoisotopic (exact) mass is 366 g/mol. The Morgan fingerprint density at radius 2 is 1.88 bits per heavy atom. The third-order valence-electron chi connectivity index (χ3n) is 3.48. The maximum Gasteiger partial charge on any atom is 0.240 e. The van der Waals surface area contributed by atoms with E-state index in [-0.39, 0.29) is 17.3 Å². The third-order valence-corrected chi connectivity index (χ3v) is 4.92. The van der Waals surface area contributed by atoms with E-state index in [9.17, 15) is 18.3 Å². The molecule has 0 radical (unpaired) electrons. The molecule has 25 heavy (non-hydrogen) atoms. The molecule has 0 bridgehead atoms. The van der Waals surface area contributed by atoms with E-state index in [1.165, 1.54) is 24.3 Å². The Hall–Kier alpha value is -2.16. The first-order valence-corrected chi connectivity index (χ1v) is 9.44. The highest BCUT2D eigenvalue weighted by Crippen LogP contribution is 2.18. The molecule has 136 valence electrons. The number of rotatable bonds is 8. The highest BCUT2D eigenvalue weighted by Gasteiger charge is 2.18. The van der Waals surface area contributed by atoms with Crippen LogP contribution in [0.3, 0.4) is 0 Å². The molecule has 7 nitrogen and oxygen atoms in total. The van der Waals surface area contributed by atoms with Gasteiger partial charge in [-0.25, -0.2) is 13.1 Å². The van der Waals surface area contributed by atoms with E-state index in [0.29, 0.717) is 23.6 Å². The minimum atomic E-state index is -3.78. The number of nitrogens with one attached hydrogen (secondary N) is 2. The number of benzene rings is 1. The summed E-state index contributed by atoms with van der Waals surface area (Å²) in [5.74, 6) is 0.819. The second-order valence-electron chi connectivity index (χ2n) is 5.64. The van der Waals surface area contributed by atoms with Crippen LogP contribution in [-0.2, 0) is 14.8 Å². The average Bonchev–Trinajstić information content (AvgIpc) is 3.00. The summed E-state index contributed by atoms with van der Waals surface area (Å²) in [7, 11) is -3.78. The first-order valence-electron chi connectivity index (χ1n) is 7.96. The Labute approximate surface area is 147 Å². The number of aryl methyl sites for hydroxylation is 1. The van der Waals surface area contributed by atoms with E-state index in [0.717, 1.165) is 6.42 Å². The van der Waals surface area contributed by atoms with Crippen LogP contribution in [0.5, 0.6) is 0 Å². The number of hydrogen-bond donors (Lipinski definition) is 3. The highest BCUT2D eigenvalue weighted by molar-refractivity contribution is 7.89. The fourth-order valence-corrected chi connectivity index (χ4v) is 3.21. The molecule has 0 aliphatic heterocycles. The number of anilines is 1. The number of furan rings is 1. The lowest BCUT2D eigenvalue weighted by atomic mass is 10.3. The molecule has 1 amide bonds. The molecule has 2 aromatic rings. The number of carbonyl (C=O) groups excluding carboxylic acids is 1. The van der Waals surface area contributed by atoms with Gasteiger partial charge in [0.2, 0.25) is 15.9 Å². The second-order valence-corrected chi connectivity index (χ2v) is 7.41. The molecule has 8 heteroatoms. The van der Waals surface area contributed by atoms with Crippen molar-refractivity contribution in [3.63, 3.8) is 0 Å². The molecule has 0 aliphatic carbocycles. The Bertz CT molecular complexity index is 812. The predicted molar refractivity (Wildman–Crippen MR) is 93.6 cm³/mol.